The standard InChI is InChI=1S/C33H44NO4.ClH/c1-2-3-4-5-12-19-31(35)38-33(26-15-8-6-9-16-26,27-17-10-7-11-18-27)32(36)37-30-24-28-20-21-29(25-30)34(28)22-13-14-23-34;/h6-11,15-18,28-30H,2-5,12-14,19-25H2,1H3;1H/q+1;/p-1. The fourth-order valence-corrected chi connectivity index (χ4v) is 7.54. The predicted octanol–water partition coefficient (Wildman–Crippen LogP) is 3.69. The number of nitrogens with zero attached hydrogens (tertiary/aromatic N) is 1. The third-order valence-corrected chi connectivity index (χ3v) is 9.43. The number of unbranched alkanes of at least 4 members (excludes halogenated alkanes) is 4. The van der Waals surface area contributed by atoms with Crippen LogP contribution in [0.4, 0.5) is 0 Å². The maximum absolute atomic E-state index is 14.3. The minimum Gasteiger partial charge on any atom is -1.00 e. The monoisotopic (exact) mass is 553 g/mol. The number of quaternary nitrogens is 1. The van der Waals surface area contributed by atoms with Gasteiger partial charge in [-0.2, -0.15) is 0 Å². The van der Waals surface area contributed by atoms with Crippen molar-refractivity contribution in [2.24, 2.45) is 0 Å². The zero-order valence-corrected chi connectivity index (χ0v) is 24.1. The molecule has 0 aromatic heterocycles. The molecule has 1 spiro atoms. The van der Waals surface area contributed by atoms with Crippen LogP contribution in [0.25, 0.3) is 0 Å². The van der Waals surface area contributed by atoms with E-state index >= 15 is 0 Å². The van der Waals surface area contributed by atoms with Crippen molar-refractivity contribution in [3.05, 3.63) is 71.8 Å². The number of piperidine rings is 1. The summed E-state index contributed by atoms with van der Waals surface area (Å²) in [6.45, 7) is 4.74. The Bertz CT molecular complexity index is 1010. The van der Waals surface area contributed by atoms with Gasteiger partial charge in [-0.1, -0.05) is 93.3 Å². The fraction of sp³-hybridized carbons (Fsp3) is 0.576. The molecular formula is C33H44ClNO4. The summed E-state index contributed by atoms with van der Waals surface area (Å²) in [5, 5.41) is 0. The number of esters is 2. The van der Waals surface area contributed by atoms with Gasteiger partial charge in [0.1, 0.15) is 6.10 Å². The Labute approximate surface area is 240 Å². The molecule has 6 heteroatoms. The number of carbonyl (C=O) groups is 2. The third-order valence-electron chi connectivity index (χ3n) is 9.43. The molecule has 0 N–H and O–H groups in total. The molecule has 5 nitrogen and oxygen atoms in total. The van der Waals surface area contributed by atoms with Crippen molar-refractivity contribution < 1.29 is 36.0 Å². The van der Waals surface area contributed by atoms with E-state index in [1.165, 1.54) is 49.7 Å². The highest BCUT2D eigenvalue weighted by molar-refractivity contribution is 5.89. The Morgan fingerprint density at radius 2 is 1.36 bits per heavy atom. The largest absolute Gasteiger partial charge is 1.00 e. The van der Waals surface area contributed by atoms with Crippen molar-refractivity contribution in [1.82, 2.24) is 0 Å². The maximum atomic E-state index is 14.3. The fourth-order valence-electron chi connectivity index (χ4n) is 7.54. The van der Waals surface area contributed by atoms with Crippen molar-refractivity contribution in [2.45, 2.75) is 108 Å². The summed E-state index contributed by atoms with van der Waals surface area (Å²) in [4.78, 5) is 27.6. The Hall–Kier alpha value is -2.37. The number of halogens is 1. The number of carbonyl (C=O) groups excluding carboxylic acids is 2. The Morgan fingerprint density at radius 3 is 1.90 bits per heavy atom. The zero-order chi connectivity index (χ0) is 26.4. The van der Waals surface area contributed by atoms with Gasteiger partial charge in [0.25, 0.3) is 5.60 Å². The SMILES string of the molecule is CCCCCCCC(=O)OC(C(=O)OC1CC2CCC(C1)[N+]21CCCC1)(c1ccccc1)c1ccccc1.[Cl-]. The van der Waals surface area contributed by atoms with Gasteiger partial charge in [0, 0.05) is 56.1 Å². The van der Waals surface area contributed by atoms with E-state index in [1.54, 1.807) is 0 Å². The van der Waals surface area contributed by atoms with Gasteiger partial charge < -0.3 is 26.4 Å². The molecule has 3 aliphatic heterocycles. The Balaban J connectivity index is 0.00000353. The van der Waals surface area contributed by atoms with Gasteiger partial charge >= 0.3 is 11.9 Å². The van der Waals surface area contributed by atoms with E-state index in [4.69, 9.17) is 9.47 Å². The minimum absolute atomic E-state index is 0. The molecule has 3 aliphatic rings. The van der Waals surface area contributed by atoms with Gasteiger partial charge in [0.05, 0.1) is 25.2 Å². The van der Waals surface area contributed by atoms with Crippen LogP contribution in [0, 0.1) is 0 Å². The predicted molar refractivity (Wildman–Crippen MR) is 148 cm³/mol. The lowest BCUT2D eigenvalue weighted by molar-refractivity contribution is -0.956. The second-order valence-corrected chi connectivity index (χ2v) is 11.7. The smallest absolute Gasteiger partial charge is 0.360 e. The molecule has 2 unspecified atom stereocenters. The first-order valence-electron chi connectivity index (χ1n) is 15.0. The highest BCUT2D eigenvalue weighted by atomic mass is 35.5. The summed E-state index contributed by atoms with van der Waals surface area (Å²) >= 11 is 0. The molecule has 3 heterocycles. The van der Waals surface area contributed by atoms with E-state index in [-0.39, 0.29) is 24.5 Å². The molecule has 2 bridgehead atoms. The lowest BCUT2D eigenvalue weighted by atomic mass is 9.85. The lowest BCUT2D eigenvalue weighted by Crippen LogP contribution is -3.00. The molecule has 0 amide bonds. The van der Waals surface area contributed by atoms with Crippen LogP contribution < -0.4 is 12.4 Å². The first-order chi connectivity index (χ1) is 18.6. The molecule has 3 saturated heterocycles. The summed E-state index contributed by atoms with van der Waals surface area (Å²) in [5.41, 5.74) is -0.339. The van der Waals surface area contributed by atoms with Gasteiger partial charge in [0.15, 0.2) is 0 Å². The lowest BCUT2D eigenvalue weighted by Gasteiger charge is -2.47. The van der Waals surface area contributed by atoms with Crippen molar-refractivity contribution in [3.8, 4) is 0 Å². The van der Waals surface area contributed by atoms with Crippen LogP contribution in [0.2, 0.25) is 0 Å². The van der Waals surface area contributed by atoms with Crippen molar-refractivity contribution >= 4 is 11.9 Å². The van der Waals surface area contributed by atoms with E-state index < -0.39 is 11.6 Å². The van der Waals surface area contributed by atoms with Crippen molar-refractivity contribution in [1.29, 1.82) is 0 Å². The molecule has 3 fully saturated rings. The molecule has 0 saturated carbocycles. The van der Waals surface area contributed by atoms with Gasteiger partial charge in [0.2, 0.25) is 0 Å². The number of benzene rings is 2. The second kappa shape index (κ2) is 13.3. The summed E-state index contributed by atoms with van der Waals surface area (Å²) in [7, 11) is 0. The van der Waals surface area contributed by atoms with E-state index in [0.717, 1.165) is 38.5 Å². The topological polar surface area (TPSA) is 52.6 Å². The number of hydrogen-bond acceptors (Lipinski definition) is 4. The van der Waals surface area contributed by atoms with Crippen LogP contribution in [0.3, 0.4) is 0 Å². The van der Waals surface area contributed by atoms with Gasteiger partial charge in [-0.15, -0.1) is 0 Å². The quantitative estimate of drug-likeness (QED) is 0.242. The molecule has 0 radical (unpaired) electrons. The molecule has 2 aromatic rings. The van der Waals surface area contributed by atoms with Crippen LogP contribution in [0.1, 0.15) is 95.1 Å². The van der Waals surface area contributed by atoms with E-state index in [0.29, 0.717) is 29.6 Å². The molecule has 2 atom stereocenters. The Kier molecular flexibility index (Phi) is 10.1. The summed E-state index contributed by atoms with van der Waals surface area (Å²) in [6, 6.07) is 20.1. The molecule has 39 heavy (non-hydrogen) atoms. The Morgan fingerprint density at radius 1 is 0.821 bits per heavy atom. The van der Waals surface area contributed by atoms with Crippen LogP contribution in [-0.2, 0) is 24.7 Å². The van der Waals surface area contributed by atoms with Crippen molar-refractivity contribution in [3.63, 3.8) is 0 Å². The molecule has 5 rings (SSSR count). The highest BCUT2D eigenvalue weighted by Gasteiger charge is 2.57. The number of hydrogen-bond donors (Lipinski definition) is 0. The van der Waals surface area contributed by atoms with Crippen LogP contribution in [0.5, 0.6) is 0 Å². The minimum atomic E-state index is -1.61. The van der Waals surface area contributed by atoms with Gasteiger partial charge in [-0.25, -0.2) is 4.79 Å². The van der Waals surface area contributed by atoms with Crippen LogP contribution in [0.15, 0.2) is 60.7 Å². The van der Waals surface area contributed by atoms with E-state index in [1.807, 2.05) is 60.7 Å². The molecular weight excluding hydrogens is 510 g/mol. The second-order valence-electron chi connectivity index (χ2n) is 11.7. The summed E-state index contributed by atoms with van der Waals surface area (Å²) in [5.74, 6) is -0.815. The highest BCUT2D eigenvalue weighted by Crippen LogP contribution is 2.47. The number of rotatable bonds is 11. The third kappa shape index (κ3) is 6.05. The molecule has 0 aliphatic carbocycles. The zero-order valence-electron chi connectivity index (χ0n) is 23.4. The summed E-state index contributed by atoms with van der Waals surface area (Å²) < 4.78 is 13.9. The van der Waals surface area contributed by atoms with Crippen LogP contribution in [-0.4, -0.2) is 47.7 Å². The van der Waals surface area contributed by atoms with Gasteiger partial charge in [-0.3, -0.25) is 4.79 Å². The van der Waals surface area contributed by atoms with E-state index in [9.17, 15) is 9.59 Å². The van der Waals surface area contributed by atoms with Crippen molar-refractivity contribution in [2.75, 3.05) is 13.1 Å². The average molecular weight is 554 g/mol. The maximum Gasteiger partial charge on any atom is 0.360 e. The average Bonchev–Trinajstić information content (AvgIpc) is 3.49. The summed E-state index contributed by atoms with van der Waals surface area (Å²) in [6.07, 6.45) is 12.3. The molecule has 212 valence electrons. The first kappa shape index (κ1) is 29.6. The number of ether oxygens (including phenoxy) is 2. The van der Waals surface area contributed by atoms with Gasteiger partial charge in [-0.05, 0) is 6.42 Å². The van der Waals surface area contributed by atoms with E-state index in [2.05, 4.69) is 6.92 Å². The molecule has 2 aromatic carbocycles. The first-order valence-corrected chi connectivity index (χ1v) is 15.0. The van der Waals surface area contributed by atoms with Crippen LogP contribution >= 0.6 is 0 Å². The normalized spacial score (nSPS) is 23.3.